The fraction of sp³-hybridized carbons (Fsp3) is 0.214. The summed E-state index contributed by atoms with van der Waals surface area (Å²) in [4.78, 5) is 49.3. The molecule has 7 rings (SSSR count). The van der Waals surface area contributed by atoms with Crippen LogP contribution in [0.3, 0.4) is 0 Å². The van der Waals surface area contributed by atoms with Gasteiger partial charge in [0.2, 0.25) is 0 Å². The average Bonchev–Trinajstić information content (AvgIpc) is 3.65. The Morgan fingerprint density at radius 3 is 2.05 bits per heavy atom. The first-order valence-electron chi connectivity index (χ1n) is 18.2. The van der Waals surface area contributed by atoms with Gasteiger partial charge in [-0.05, 0) is 71.3 Å². The number of methoxy groups -OCH3 is 2. The molecule has 16 heteroatoms. The quantitative estimate of drug-likeness (QED) is 0.0822. The van der Waals surface area contributed by atoms with E-state index in [0.29, 0.717) is 17.2 Å². The number of carbonyl (C=O) groups excluding carboxylic acids is 1. The van der Waals surface area contributed by atoms with Crippen LogP contribution in [0.2, 0.25) is 0 Å². The van der Waals surface area contributed by atoms with E-state index in [-0.39, 0.29) is 31.1 Å². The van der Waals surface area contributed by atoms with Gasteiger partial charge in [-0.15, -0.1) is 0 Å². The molecular weight excluding hydrogens is 765 g/mol. The fourth-order valence-electron chi connectivity index (χ4n) is 6.63. The van der Waals surface area contributed by atoms with Crippen molar-refractivity contribution in [1.29, 1.82) is 0 Å². The van der Waals surface area contributed by atoms with Crippen molar-refractivity contribution in [3.8, 4) is 11.5 Å². The summed E-state index contributed by atoms with van der Waals surface area (Å²) < 4.78 is 50.3. The van der Waals surface area contributed by atoms with Gasteiger partial charge >= 0.3 is 13.5 Å². The maximum absolute atomic E-state index is 13.5. The lowest BCUT2D eigenvalue weighted by Gasteiger charge is -2.37. The van der Waals surface area contributed by atoms with Crippen molar-refractivity contribution in [2.45, 2.75) is 37.1 Å². The molecule has 1 aliphatic rings. The normalized spacial score (nSPS) is 17.6. The molecule has 0 saturated carbocycles. The lowest BCUT2D eigenvalue weighted by atomic mass is 9.80. The molecule has 0 radical (unpaired) electrons. The summed E-state index contributed by atoms with van der Waals surface area (Å²) in [6.07, 6.45) is 1.17. The van der Waals surface area contributed by atoms with Crippen LogP contribution >= 0.6 is 7.82 Å². The smallest absolute Gasteiger partial charge is 0.472 e. The summed E-state index contributed by atoms with van der Waals surface area (Å²) in [6, 6.07) is 35.9. The second kappa shape index (κ2) is 18.0. The number of phosphoric acid groups is 1. The van der Waals surface area contributed by atoms with Crippen LogP contribution < -0.4 is 20.5 Å². The molecule has 1 saturated heterocycles. The Hall–Kier alpha value is -6.06. The van der Waals surface area contributed by atoms with Crippen molar-refractivity contribution >= 4 is 19.5 Å². The Morgan fingerprint density at radius 1 is 0.845 bits per heavy atom. The lowest BCUT2D eigenvalue weighted by molar-refractivity contribution is -0.0940. The number of phosphoric ester groups is 1. The van der Waals surface area contributed by atoms with Crippen molar-refractivity contribution in [2.24, 2.45) is 0 Å². The summed E-state index contributed by atoms with van der Waals surface area (Å²) in [7, 11) is -1.58. The molecule has 0 aliphatic carbocycles. The summed E-state index contributed by atoms with van der Waals surface area (Å²) in [6.45, 7) is -0.497. The van der Waals surface area contributed by atoms with E-state index in [1.54, 1.807) is 44.6 Å². The first-order valence-corrected chi connectivity index (χ1v) is 19.7. The van der Waals surface area contributed by atoms with E-state index < -0.39 is 43.5 Å². The standard InChI is InChI=1S/C42H40N5O10P/c1-52-33-18-14-30(15-19-33)42(29-10-4-3-5-11-29,31-16-20-34(53-2)21-17-31)54-28-37-36(57-58(50,51)55-27-32-12-6-8-23-43-32)26-39(56-37)47-25-22-38(46-41(47)49)45-40(48)35-13-7-9-24-44-35/h3-25,36-37,39H,26-28H2,1-2H3,(H,50,51)(H,45,46,48,49)/t36-,37+,39+/m0/s1. The van der Waals surface area contributed by atoms with Crippen LogP contribution in [0.1, 0.15) is 45.5 Å². The van der Waals surface area contributed by atoms with E-state index in [9.17, 15) is 19.0 Å². The SMILES string of the molecule is COc1ccc(C(OC[C@H]2O[C@@H](n3ccc(NC(=O)c4ccccn4)nc3=O)C[C@@H]2OP(=O)(O)OCc2ccccn2)(c2ccccc2)c2ccc(OC)cc2)cc1. The highest BCUT2D eigenvalue weighted by atomic mass is 31.2. The van der Waals surface area contributed by atoms with E-state index in [4.69, 9.17) is 28.0 Å². The molecule has 58 heavy (non-hydrogen) atoms. The van der Waals surface area contributed by atoms with Crippen LogP contribution in [-0.2, 0) is 35.3 Å². The second-order valence-corrected chi connectivity index (χ2v) is 14.5. The number of nitrogens with one attached hydrogen (secondary N) is 1. The number of hydrogen-bond acceptors (Lipinski definition) is 12. The van der Waals surface area contributed by atoms with Crippen molar-refractivity contribution in [3.05, 3.63) is 178 Å². The molecule has 2 N–H and O–H groups in total. The van der Waals surface area contributed by atoms with Gasteiger partial charge in [-0.3, -0.25) is 28.4 Å². The second-order valence-electron chi connectivity index (χ2n) is 13.1. The molecule has 4 atom stereocenters. The van der Waals surface area contributed by atoms with E-state index in [0.717, 1.165) is 16.7 Å². The molecule has 3 aromatic heterocycles. The molecule has 298 valence electrons. The third-order valence-corrected chi connectivity index (χ3v) is 10.5. The zero-order valence-corrected chi connectivity index (χ0v) is 32.4. The zero-order chi connectivity index (χ0) is 40.5. The maximum atomic E-state index is 13.5. The largest absolute Gasteiger partial charge is 0.497 e. The molecule has 1 unspecified atom stereocenters. The van der Waals surface area contributed by atoms with E-state index in [1.807, 2.05) is 78.9 Å². The Labute approximate surface area is 333 Å². The zero-order valence-electron chi connectivity index (χ0n) is 31.5. The highest BCUT2D eigenvalue weighted by Crippen LogP contribution is 2.50. The molecular formula is C42H40N5O10P. The monoisotopic (exact) mass is 805 g/mol. The molecule has 4 heterocycles. The van der Waals surface area contributed by atoms with Crippen LogP contribution in [0, 0.1) is 0 Å². The molecule has 1 aliphatic heterocycles. The lowest BCUT2D eigenvalue weighted by Crippen LogP contribution is -2.38. The van der Waals surface area contributed by atoms with Crippen molar-refractivity contribution < 1.29 is 42.2 Å². The van der Waals surface area contributed by atoms with Gasteiger partial charge in [0.1, 0.15) is 53.7 Å². The molecule has 0 spiro atoms. The van der Waals surface area contributed by atoms with Crippen molar-refractivity contribution in [3.63, 3.8) is 0 Å². The first kappa shape index (κ1) is 40.1. The van der Waals surface area contributed by atoms with Gasteiger partial charge in [0.15, 0.2) is 0 Å². The Balaban J connectivity index is 1.22. The van der Waals surface area contributed by atoms with Gasteiger partial charge in [0.05, 0.1) is 26.5 Å². The number of carbonyl (C=O) groups is 1. The minimum Gasteiger partial charge on any atom is -0.497 e. The van der Waals surface area contributed by atoms with Gasteiger partial charge in [-0.1, -0.05) is 66.7 Å². The third-order valence-electron chi connectivity index (χ3n) is 9.47. The number of ether oxygens (including phenoxy) is 4. The van der Waals surface area contributed by atoms with Crippen LogP contribution in [0.4, 0.5) is 5.82 Å². The third kappa shape index (κ3) is 9.21. The molecule has 0 bridgehead atoms. The van der Waals surface area contributed by atoms with Crippen LogP contribution in [0.5, 0.6) is 11.5 Å². The number of benzene rings is 3. The maximum Gasteiger partial charge on any atom is 0.472 e. The number of anilines is 1. The van der Waals surface area contributed by atoms with Gasteiger partial charge in [0.25, 0.3) is 5.91 Å². The van der Waals surface area contributed by atoms with Crippen LogP contribution in [0.15, 0.2) is 145 Å². The minimum absolute atomic E-state index is 0.00279. The highest BCUT2D eigenvalue weighted by molar-refractivity contribution is 7.47. The first-order chi connectivity index (χ1) is 28.2. The highest BCUT2D eigenvalue weighted by Gasteiger charge is 2.45. The number of aromatic nitrogens is 4. The molecule has 1 fully saturated rings. The van der Waals surface area contributed by atoms with E-state index in [1.165, 1.54) is 35.3 Å². The van der Waals surface area contributed by atoms with Crippen molar-refractivity contribution in [1.82, 2.24) is 19.5 Å². The summed E-state index contributed by atoms with van der Waals surface area (Å²) in [5.74, 6) is 0.730. The molecule has 3 aromatic carbocycles. The van der Waals surface area contributed by atoms with Crippen LogP contribution in [-0.4, -0.2) is 63.4 Å². The average molecular weight is 806 g/mol. The topological polar surface area (TPSA) is 182 Å². The summed E-state index contributed by atoms with van der Waals surface area (Å²) >= 11 is 0. The van der Waals surface area contributed by atoms with Crippen molar-refractivity contribution in [2.75, 3.05) is 26.1 Å². The minimum atomic E-state index is -4.74. The number of nitrogens with zero attached hydrogens (tertiary/aromatic N) is 4. The van der Waals surface area contributed by atoms with Gasteiger partial charge in [0, 0.05) is 25.0 Å². The van der Waals surface area contributed by atoms with Gasteiger partial charge in [-0.2, -0.15) is 4.98 Å². The number of hydrogen-bond donors (Lipinski definition) is 2. The van der Waals surface area contributed by atoms with Gasteiger partial charge < -0.3 is 29.2 Å². The fourth-order valence-corrected chi connectivity index (χ4v) is 7.55. The summed E-state index contributed by atoms with van der Waals surface area (Å²) in [5, 5.41) is 2.57. The van der Waals surface area contributed by atoms with Crippen LogP contribution in [0.25, 0.3) is 0 Å². The molecule has 15 nitrogen and oxygen atoms in total. The number of amides is 1. The molecule has 6 aromatic rings. The summed E-state index contributed by atoms with van der Waals surface area (Å²) in [5.41, 5.74) is 0.797. The van der Waals surface area contributed by atoms with Gasteiger partial charge in [-0.25, -0.2) is 9.36 Å². The predicted octanol–water partition coefficient (Wildman–Crippen LogP) is 6.30. The molecule has 1 amide bonds. The Morgan fingerprint density at radius 2 is 1.47 bits per heavy atom. The number of rotatable bonds is 16. The predicted molar refractivity (Wildman–Crippen MR) is 211 cm³/mol. The number of pyridine rings is 2. The Bertz CT molecular complexity index is 2340. The van der Waals surface area contributed by atoms with E-state index >= 15 is 0 Å². The van der Waals surface area contributed by atoms with E-state index in [2.05, 4.69) is 20.3 Å². The Kier molecular flexibility index (Phi) is 12.5.